The Labute approximate surface area is 123 Å². The van der Waals surface area contributed by atoms with E-state index < -0.39 is 17.2 Å². The summed E-state index contributed by atoms with van der Waals surface area (Å²) in [5, 5.41) is 16.1. The molecule has 106 valence electrons. The van der Waals surface area contributed by atoms with Gasteiger partial charge in [0.05, 0.1) is 21.8 Å². The van der Waals surface area contributed by atoms with Gasteiger partial charge in [0.2, 0.25) is 0 Å². The fourth-order valence-corrected chi connectivity index (χ4v) is 1.52. The molecule has 0 radical (unpaired) electrons. The number of carbonyl (C=O) groups is 1. The molecule has 19 heavy (non-hydrogen) atoms. The Morgan fingerprint density at radius 2 is 1.79 bits per heavy atom. The van der Waals surface area contributed by atoms with Gasteiger partial charge in [-0.1, -0.05) is 23.2 Å². The van der Waals surface area contributed by atoms with Crippen molar-refractivity contribution in [2.45, 2.75) is 38.8 Å². The number of carbonyl (C=O) groups excluding carboxylic acids is 1. The highest BCUT2D eigenvalue weighted by molar-refractivity contribution is 6.35. The molecule has 0 unspecified atom stereocenters. The SMILES string of the molecule is CC(C)(O)C(C)(C)NC(=O)Nc1cc(Cl)ccc1Cl. The van der Waals surface area contributed by atoms with Gasteiger partial charge in [0.25, 0.3) is 0 Å². The first-order valence-corrected chi connectivity index (χ1v) is 6.55. The summed E-state index contributed by atoms with van der Waals surface area (Å²) in [4.78, 5) is 11.9. The molecule has 0 bridgehead atoms. The highest BCUT2D eigenvalue weighted by atomic mass is 35.5. The van der Waals surface area contributed by atoms with Crippen LogP contribution in [0.25, 0.3) is 0 Å². The van der Waals surface area contributed by atoms with Gasteiger partial charge in [0, 0.05) is 5.02 Å². The van der Waals surface area contributed by atoms with Crippen molar-refractivity contribution in [2.75, 3.05) is 5.32 Å². The predicted molar refractivity (Wildman–Crippen MR) is 79.0 cm³/mol. The average molecular weight is 305 g/mol. The van der Waals surface area contributed by atoms with Gasteiger partial charge in [-0.25, -0.2) is 4.79 Å². The van der Waals surface area contributed by atoms with Crippen LogP contribution in [0.5, 0.6) is 0 Å². The van der Waals surface area contributed by atoms with E-state index >= 15 is 0 Å². The maximum Gasteiger partial charge on any atom is 0.319 e. The van der Waals surface area contributed by atoms with Gasteiger partial charge in [0.15, 0.2) is 0 Å². The fraction of sp³-hybridized carbons (Fsp3) is 0.462. The lowest BCUT2D eigenvalue weighted by molar-refractivity contribution is 0.00185. The first-order chi connectivity index (χ1) is 8.53. The number of hydrogen-bond acceptors (Lipinski definition) is 2. The molecule has 0 fully saturated rings. The number of nitrogens with one attached hydrogen (secondary N) is 2. The van der Waals surface area contributed by atoms with Crippen LogP contribution in [-0.2, 0) is 0 Å². The van der Waals surface area contributed by atoms with E-state index in [1.807, 2.05) is 0 Å². The molecule has 0 aliphatic rings. The van der Waals surface area contributed by atoms with Gasteiger partial charge in [-0.15, -0.1) is 0 Å². The second kappa shape index (κ2) is 5.57. The summed E-state index contributed by atoms with van der Waals surface area (Å²) >= 11 is 11.8. The minimum absolute atomic E-state index is 0.389. The van der Waals surface area contributed by atoms with Crippen molar-refractivity contribution in [1.29, 1.82) is 0 Å². The van der Waals surface area contributed by atoms with Crippen LogP contribution in [0.2, 0.25) is 10.0 Å². The molecule has 0 saturated carbocycles. The standard InChI is InChI=1S/C13H18Cl2N2O2/c1-12(2,13(3,4)19)17-11(18)16-10-7-8(14)5-6-9(10)15/h5-7,19H,1-4H3,(H2,16,17,18). The van der Waals surface area contributed by atoms with Gasteiger partial charge in [-0.3, -0.25) is 0 Å². The number of amides is 2. The monoisotopic (exact) mass is 304 g/mol. The summed E-state index contributed by atoms with van der Waals surface area (Å²) in [6.45, 7) is 6.71. The minimum Gasteiger partial charge on any atom is -0.388 e. The Hall–Kier alpha value is -0.970. The van der Waals surface area contributed by atoms with E-state index in [4.69, 9.17) is 23.2 Å². The fourth-order valence-electron chi connectivity index (χ4n) is 1.18. The predicted octanol–water partition coefficient (Wildman–Crippen LogP) is 3.66. The van der Waals surface area contributed by atoms with Crippen molar-refractivity contribution in [2.24, 2.45) is 0 Å². The van der Waals surface area contributed by atoms with Gasteiger partial charge in [-0.2, -0.15) is 0 Å². The van der Waals surface area contributed by atoms with E-state index in [9.17, 15) is 9.90 Å². The van der Waals surface area contributed by atoms with Crippen molar-refractivity contribution in [1.82, 2.24) is 5.32 Å². The number of anilines is 1. The van der Waals surface area contributed by atoms with Crippen LogP contribution in [0.3, 0.4) is 0 Å². The third-order valence-electron chi connectivity index (χ3n) is 3.13. The van der Waals surface area contributed by atoms with E-state index in [1.165, 1.54) is 0 Å². The van der Waals surface area contributed by atoms with E-state index in [2.05, 4.69) is 10.6 Å². The summed E-state index contributed by atoms with van der Waals surface area (Å²) in [6.07, 6.45) is 0. The molecule has 0 saturated heterocycles. The summed E-state index contributed by atoms with van der Waals surface area (Å²) in [7, 11) is 0. The quantitative estimate of drug-likeness (QED) is 0.798. The molecular weight excluding hydrogens is 287 g/mol. The highest BCUT2D eigenvalue weighted by Gasteiger charge is 2.36. The van der Waals surface area contributed by atoms with Crippen molar-refractivity contribution in [3.63, 3.8) is 0 Å². The topological polar surface area (TPSA) is 61.4 Å². The number of benzene rings is 1. The van der Waals surface area contributed by atoms with Gasteiger partial charge in [-0.05, 0) is 45.9 Å². The molecule has 2 amide bonds. The van der Waals surface area contributed by atoms with Crippen LogP contribution in [0.4, 0.5) is 10.5 Å². The maximum absolute atomic E-state index is 11.9. The summed E-state index contributed by atoms with van der Waals surface area (Å²) in [5.74, 6) is 0. The third kappa shape index (κ3) is 4.27. The van der Waals surface area contributed by atoms with E-state index in [-0.39, 0.29) is 0 Å². The number of urea groups is 1. The van der Waals surface area contributed by atoms with Crippen LogP contribution >= 0.6 is 23.2 Å². The van der Waals surface area contributed by atoms with Crippen molar-refractivity contribution >= 4 is 34.9 Å². The average Bonchev–Trinajstić information content (AvgIpc) is 2.21. The Morgan fingerprint density at radius 1 is 1.21 bits per heavy atom. The molecule has 0 heterocycles. The zero-order chi connectivity index (χ0) is 14.8. The third-order valence-corrected chi connectivity index (χ3v) is 3.70. The maximum atomic E-state index is 11.9. The Bertz CT molecular complexity index is 482. The molecule has 0 atom stereocenters. The summed E-state index contributed by atoms with van der Waals surface area (Å²) in [5.41, 5.74) is -1.46. The van der Waals surface area contributed by atoms with Crippen LogP contribution in [-0.4, -0.2) is 22.3 Å². The Morgan fingerprint density at radius 3 is 2.32 bits per heavy atom. The van der Waals surface area contributed by atoms with Crippen LogP contribution in [0, 0.1) is 0 Å². The number of hydrogen-bond donors (Lipinski definition) is 3. The molecule has 1 rings (SSSR count). The van der Waals surface area contributed by atoms with Gasteiger partial charge < -0.3 is 15.7 Å². The van der Waals surface area contributed by atoms with Crippen molar-refractivity contribution in [3.8, 4) is 0 Å². The first kappa shape index (κ1) is 16.1. The lowest BCUT2D eigenvalue weighted by Crippen LogP contribution is -2.58. The van der Waals surface area contributed by atoms with E-state index in [0.717, 1.165) is 0 Å². The molecule has 0 aromatic heterocycles. The molecule has 0 aliphatic heterocycles. The zero-order valence-corrected chi connectivity index (χ0v) is 12.9. The molecule has 6 heteroatoms. The molecule has 0 aliphatic carbocycles. The van der Waals surface area contributed by atoms with E-state index in [1.54, 1.807) is 45.9 Å². The largest absolute Gasteiger partial charge is 0.388 e. The lowest BCUT2D eigenvalue weighted by Gasteiger charge is -2.37. The van der Waals surface area contributed by atoms with Gasteiger partial charge >= 0.3 is 6.03 Å². The normalized spacial score (nSPS) is 12.2. The van der Waals surface area contributed by atoms with Gasteiger partial charge in [0.1, 0.15) is 0 Å². The highest BCUT2D eigenvalue weighted by Crippen LogP contribution is 2.26. The van der Waals surface area contributed by atoms with Crippen LogP contribution in [0.15, 0.2) is 18.2 Å². The minimum atomic E-state index is -1.07. The number of rotatable bonds is 3. The van der Waals surface area contributed by atoms with Crippen molar-refractivity contribution in [3.05, 3.63) is 28.2 Å². The zero-order valence-electron chi connectivity index (χ0n) is 11.3. The summed E-state index contributed by atoms with van der Waals surface area (Å²) < 4.78 is 0. The number of halogens is 2. The van der Waals surface area contributed by atoms with Crippen molar-refractivity contribution < 1.29 is 9.90 Å². The molecule has 4 nitrogen and oxygen atoms in total. The second-order valence-corrected chi connectivity index (χ2v) is 6.23. The molecule has 1 aromatic carbocycles. The summed E-state index contributed by atoms with van der Waals surface area (Å²) in [6, 6.07) is 4.32. The lowest BCUT2D eigenvalue weighted by atomic mass is 9.86. The first-order valence-electron chi connectivity index (χ1n) is 5.79. The second-order valence-electron chi connectivity index (χ2n) is 5.39. The molecule has 1 aromatic rings. The molecule has 0 spiro atoms. The Kier molecular flexibility index (Phi) is 4.72. The van der Waals surface area contributed by atoms with Crippen LogP contribution < -0.4 is 10.6 Å². The smallest absolute Gasteiger partial charge is 0.319 e. The van der Waals surface area contributed by atoms with E-state index in [0.29, 0.717) is 15.7 Å². The molecule has 3 N–H and O–H groups in total. The Balaban J connectivity index is 2.79. The number of aliphatic hydroxyl groups is 1. The molecular formula is C13H18Cl2N2O2. The van der Waals surface area contributed by atoms with Crippen LogP contribution in [0.1, 0.15) is 27.7 Å².